The second-order valence-electron chi connectivity index (χ2n) is 6.33. The molecule has 1 aromatic carbocycles. The van der Waals surface area contributed by atoms with E-state index in [1.165, 1.54) is 6.07 Å². The molecule has 2 fully saturated rings. The Kier molecular flexibility index (Phi) is 5.16. The molecule has 0 aromatic heterocycles. The van der Waals surface area contributed by atoms with Gasteiger partial charge in [-0.15, -0.1) is 0 Å². The average Bonchev–Trinajstić information content (AvgIpc) is 2.92. The zero-order valence-electron chi connectivity index (χ0n) is 13.8. The van der Waals surface area contributed by atoms with Gasteiger partial charge in [0.1, 0.15) is 11.9 Å². The van der Waals surface area contributed by atoms with E-state index in [-0.39, 0.29) is 30.6 Å². The second kappa shape index (κ2) is 7.50. The van der Waals surface area contributed by atoms with Crippen LogP contribution in [0.5, 0.6) is 0 Å². The van der Waals surface area contributed by atoms with Gasteiger partial charge in [0.2, 0.25) is 5.91 Å². The molecular weight excluding hydrogens is 327 g/mol. The van der Waals surface area contributed by atoms with Crippen LogP contribution in [0, 0.1) is 5.82 Å². The monoisotopic (exact) mass is 348 g/mol. The van der Waals surface area contributed by atoms with Crippen LogP contribution in [0.2, 0.25) is 0 Å². The fraction of sp³-hybridized carbons (Fsp3) is 0.471. The van der Waals surface area contributed by atoms with Crippen molar-refractivity contribution in [2.75, 3.05) is 18.0 Å². The van der Waals surface area contributed by atoms with Crippen molar-refractivity contribution in [1.82, 2.24) is 16.0 Å². The lowest BCUT2D eigenvalue weighted by molar-refractivity contribution is -0.122. The zero-order chi connectivity index (χ0) is 17.8. The van der Waals surface area contributed by atoms with Gasteiger partial charge >= 0.3 is 6.03 Å². The minimum Gasteiger partial charge on any atom is -0.369 e. The molecule has 0 unspecified atom stereocenters. The van der Waals surface area contributed by atoms with Crippen molar-refractivity contribution in [2.24, 2.45) is 0 Å². The average molecular weight is 348 g/mol. The molecule has 2 aliphatic rings. The highest BCUT2D eigenvalue weighted by atomic mass is 19.1. The first-order valence-electron chi connectivity index (χ1n) is 8.43. The number of nitrogens with zero attached hydrogens (tertiary/aromatic N) is 1. The predicted octanol–water partition coefficient (Wildman–Crippen LogP) is 0.899. The van der Waals surface area contributed by atoms with E-state index in [1.54, 1.807) is 12.1 Å². The van der Waals surface area contributed by atoms with Gasteiger partial charge in [0.25, 0.3) is 5.91 Å². The van der Waals surface area contributed by atoms with Crippen molar-refractivity contribution in [3.05, 3.63) is 30.1 Å². The molecule has 25 heavy (non-hydrogen) atoms. The third-order valence-corrected chi connectivity index (χ3v) is 4.57. The molecule has 8 heteroatoms. The van der Waals surface area contributed by atoms with Crippen LogP contribution in [0.25, 0.3) is 0 Å². The van der Waals surface area contributed by atoms with Crippen LogP contribution in [-0.4, -0.2) is 43.0 Å². The molecule has 1 atom stereocenters. The summed E-state index contributed by atoms with van der Waals surface area (Å²) in [5.74, 6) is -0.767. The molecule has 0 saturated carbocycles. The van der Waals surface area contributed by atoms with Crippen LogP contribution in [0.15, 0.2) is 24.3 Å². The maximum Gasteiger partial charge on any atom is 0.322 e. The summed E-state index contributed by atoms with van der Waals surface area (Å²) in [7, 11) is 0. The van der Waals surface area contributed by atoms with Crippen LogP contribution in [0.3, 0.4) is 0 Å². The van der Waals surface area contributed by atoms with Crippen molar-refractivity contribution in [3.63, 3.8) is 0 Å². The molecular formula is C17H21FN4O3. The van der Waals surface area contributed by atoms with E-state index < -0.39 is 18.0 Å². The number of hydrogen-bond acceptors (Lipinski definition) is 4. The molecule has 2 heterocycles. The quantitative estimate of drug-likeness (QED) is 0.690. The number of piperidine rings is 1. The number of hydrogen-bond donors (Lipinski definition) is 3. The summed E-state index contributed by atoms with van der Waals surface area (Å²) in [5, 5.41) is 7.56. The summed E-state index contributed by atoms with van der Waals surface area (Å²) < 4.78 is 13.8. The van der Waals surface area contributed by atoms with E-state index in [1.807, 2.05) is 11.0 Å². The molecule has 2 saturated heterocycles. The molecule has 3 rings (SSSR count). The fourth-order valence-corrected chi connectivity index (χ4v) is 3.21. The van der Waals surface area contributed by atoms with E-state index in [4.69, 9.17) is 0 Å². The number of nitrogens with one attached hydrogen (secondary N) is 3. The van der Waals surface area contributed by atoms with E-state index in [2.05, 4.69) is 16.0 Å². The number of para-hydroxylation sites is 1. The van der Waals surface area contributed by atoms with Gasteiger partial charge in [0, 0.05) is 25.6 Å². The van der Waals surface area contributed by atoms with Crippen molar-refractivity contribution >= 4 is 23.5 Å². The number of rotatable bonds is 5. The number of amides is 4. The largest absolute Gasteiger partial charge is 0.369 e. The van der Waals surface area contributed by atoms with Crippen molar-refractivity contribution in [3.8, 4) is 0 Å². The van der Waals surface area contributed by atoms with Crippen molar-refractivity contribution < 1.29 is 18.8 Å². The Bertz CT molecular complexity index is 674. The van der Waals surface area contributed by atoms with Crippen molar-refractivity contribution in [1.29, 1.82) is 0 Å². The fourth-order valence-electron chi connectivity index (χ4n) is 3.21. The normalized spacial score (nSPS) is 21.0. The molecule has 0 bridgehead atoms. The number of carbonyl (C=O) groups is 3. The van der Waals surface area contributed by atoms with Crippen LogP contribution in [0.4, 0.5) is 14.9 Å². The molecule has 0 radical (unpaired) electrons. The Hall–Kier alpha value is -2.64. The maximum absolute atomic E-state index is 13.8. The van der Waals surface area contributed by atoms with Gasteiger partial charge in [-0.2, -0.15) is 0 Å². The highest BCUT2D eigenvalue weighted by Crippen LogP contribution is 2.22. The summed E-state index contributed by atoms with van der Waals surface area (Å²) >= 11 is 0. The summed E-state index contributed by atoms with van der Waals surface area (Å²) in [4.78, 5) is 36.5. The van der Waals surface area contributed by atoms with Gasteiger partial charge < -0.3 is 15.5 Å². The first-order chi connectivity index (χ1) is 12.0. The van der Waals surface area contributed by atoms with Gasteiger partial charge in [-0.05, 0) is 31.4 Å². The van der Waals surface area contributed by atoms with Gasteiger partial charge in [0.15, 0.2) is 0 Å². The maximum atomic E-state index is 13.8. The second-order valence-corrected chi connectivity index (χ2v) is 6.33. The standard InChI is InChI=1S/C17H21FN4O3/c18-12-3-1-2-4-14(12)22-9-7-11(8-10-22)19-15(23)6-5-13-16(24)21-17(25)20-13/h1-4,11,13H,5-10H2,(H,19,23)(H2,20,21,24,25)/t13-/m0/s1. The topological polar surface area (TPSA) is 90.5 Å². The molecule has 1 aromatic rings. The molecule has 0 aliphatic carbocycles. The summed E-state index contributed by atoms with van der Waals surface area (Å²) in [5.41, 5.74) is 0.593. The lowest BCUT2D eigenvalue weighted by Crippen LogP contribution is -2.45. The Morgan fingerprint density at radius 3 is 2.60 bits per heavy atom. The first-order valence-corrected chi connectivity index (χ1v) is 8.43. The Balaban J connectivity index is 1.41. The number of benzene rings is 1. The first kappa shape index (κ1) is 17.2. The van der Waals surface area contributed by atoms with E-state index in [9.17, 15) is 18.8 Å². The highest BCUT2D eigenvalue weighted by Gasteiger charge is 2.30. The Labute approximate surface area is 144 Å². The molecule has 4 amide bonds. The number of anilines is 1. The van der Waals surface area contributed by atoms with Crippen LogP contribution in [-0.2, 0) is 9.59 Å². The molecule has 3 N–H and O–H groups in total. The van der Waals surface area contributed by atoms with Crippen LogP contribution < -0.4 is 20.9 Å². The molecule has 0 spiro atoms. The zero-order valence-corrected chi connectivity index (χ0v) is 13.8. The lowest BCUT2D eigenvalue weighted by Gasteiger charge is -2.34. The minimum atomic E-state index is -0.638. The number of carbonyl (C=O) groups excluding carboxylic acids is 3. The number of urea groups is 1. The SMILES string of the molecule is O=C(CC[C@@H]1NC(=O)NC1=O)NC1CCN(c2ccccc2F)CC1. The summed E-state index contributed by atoms with van der Waals surface area (Å²) in [6.07, 6.45) is 1.92. The smallest absolute Gasteiger partial charge is 0.322 e. The summed E-state index contributed by atoms with van der Waals surface area (Å²) in [6.45, 7) is 1.35. The highest BCUT2D eigenvalue weighted by molar-refractivity contribution is 6.04. The Morgan fingerprint density at radius 2 is 1.96 bits per heavy atom. The van der Waals surface area contributed by atoms with Gasteiger partial charge in [-0.1, -0.05) is 12.1 Å². The van der Waals surface area contributed by atoms with E-state index >= 15 is 0 Å². The van der Waals surface area contributed by atoms with Crippen molar-refractivity contribution in [2.45, 2.75) is 37.8 Å². The van der Waals surface area contributed by atoms with Crippen LogP contribution >= 0.6 is 0 Å². The summed E-state index contributed by atoms with van der Waals surface area (Å²) in [6, 6.07) is 5.57. The molecule has 134 valence electrons. The number of imide groups is 1. The Morgan fingerprint density at radius 1 is 1.24 bits per heavy atom. The van der Waals surface area contributed by atoms with E-state index in [0.29, 0.717) is 18.8 Å². The predicted molar refractivity (Wildman–Crippen MR) is 89.5 cm³/mol. The van der Waals surface area contributed by atoms with E-state index in [0.717, 1.165) is 12.8 Å². The third-order valence-electron chi connectivity index (χ3n) is 4.57. The third kappa shape index (κ3) is 4.26. The minimum absolute atomic E-state index is 0.0440. The van der Waals surface area contributed by atoms with Gasteiger partial charge in [-0.3, -0.25) is 14.9 Å². The van der Waals surface area contributed by atoms with Crippen LogP contribution in [0.1, 0.15) is 25.7 Å². The van der Waals surface area contributed by atoms with Gasteiger partial charge in [0.05, 0.1) is 5.69 Å². The van der Waals surface area contributed by atoms with Gasteiger partial charge in [-0.25, -0.2) is 9.18 Å². The molecule has 2 aliphatic heterocycles. The number of halogens is 1. The molecule has 7 nitrogen and oxygen atoms in total. The lowest BCUT2D eigenvalue weighted by atomic mass is 10.0.